The SMILES string of the molecule is O=C(CCCCCCC(=O)NOc1ccc(C(F)(F)F)cc1)NO. The van der Waals surface area contributed by atoms with Gasteiger partial charge < -0.3 is 4.84 Å². The van der Waals surface area contributed by atoms with Crippen molar-refractivity contribution in [2.45, 2.75) is 44.7 Å². The molecule has 0 heterocycles. The summed E-state index contributed by atoms with van der Waals surface area (Å²) in [5.41, 5.74) is 2.90. The molecule has 6 nitrogen and oxygen atoms in total. The molecule has 0 atom stereocenters. The van der Waals surface area contributed by atoms with E-state index in [4.69, 9.17) is 10.0 Å². The zero-order valence-corrected chi connectivity index (χ0v) is 12.9. The first kappa shape index (κ1) is 19.8. The second-order valence-corrected chi connectivity index (χ2v) is 5.10. The van der Waals surface area contributed by atoms with E-state index in [9.17, 15) is 22.8 Å². The van der Waals surface area contributed by atoms with Gasteiger partial charge in [-0.05, 0) is 37.1 Å². The molecule has 1 rings (SSSR count). The molecule has 24 heavy (non-hydrogen) atoms. The average Bonchev–Trinajstić information content (AvgIpc) is 2.55. The maximum absolute atomic E-state index is 12.4. The van der Waals surface area contributed by atoms with Crippen molar-refractivity contribution in [2.24, 2.45) is 0 Å². The molecule has 0 aromatic heterocycles. The van der Waals surface area contributed by atoms with Crippen LogP contribution < -0.4 is 15.8 Å². The Balaban J connectivity index is 2.16. The molecule has 1 aromatic rings. The highest BCUT2D eigenvalue weighted by Gasteiger charge is 2.30. The molecular formula is C15H19F3N2O4. The van der Waals surface area contributed by atoms with Gasteiger partial charge in [-0.2, -0.15) is 18.7 Å². The van der Waals surface area contributed by atoms with E-state index in [2.05, 4.69) is 5.48 Å². The molecule has 0 unspecified atom stereocenters. The number of halogens is 3. The van der Waals surface area contributed by atoms with Crippen molar-refractivity contribution in [3.63, 3.8) is 0 Å². The Kier molecular flexibility index (Phi) is 8.03. The first-order chi connectivity index (χ1) is 11.3. The van der Waals surface area contributed by atoms with E-state index in [1.54, 1.807) is 0 Å². The summed E-state index contributed by atoms with van der Waals surface area (Å²) in [6.45, 7) is 0. The zero-order chi connectivity index (χ0) is 18.0. The minimum atomic E-state index is -4.42. The van der Waals surface area contributed by atoms with Crippen molar-refractivity contribution in [3.05, 3.63) is 29.8 Å². The number of hydroxylamine groups is 2. The molecule has 9 heteroatoms. The summed E-state index contributed by atoms with van der Waals surface area (Å²) in [6, 6.07) is 3.97. The summed E-state index contributed by atoms with van der Waals surface area (Å²) >= 11 is 0. The third-order valence-corrected chi connectivity index (χ3v) is 3.15. The van der Waals surface area contributed by atoms with E-state index in [0.29, 0.717) is 12.8 Å². The fourth-order valence-corrected chi connectivity index (χ4v) is 1.86. The lowest BCUT2D eigenvalue weighted by molar-refractivity contribution is -0.137. The molecule has 0 spiro atoms. The van der Waals surface area contributed by atoms with Crippen molar-refractivity contribution in [1.82, 2.24) is 11.0 Å². The van der Waals surface area contributed by atoms with E-state index in [-0.39, 0.29) is 24.5 Å². The van der Waals surface area contributed by atoms with Crippen LogP contribution in [0, 0.1) is 0 Å². The van der Waals surface area contributed by atoms with Crippen LogP contribution in [-0.4, -0.2) is 17.0 Å². The van der Waals surface area contributed by atoms with Crippen LogP contribution in [0.5, 0.6) is 5.75 Å². The van der Waals surface area contributed by atoms with Crippen molar-refractivity contribution < 1.29 is 32.8 Å². The Morgan fingerprint density at radius 3 is 2.00 bits per heavy atom. The molecular weight excluding hydrogens is 329 g/mol. The molecule has 0 fully saturated rings. The molecule has 0 saturated carbocycles. The minimum absolute atomic E-state index is 0.103. The Bertz CT molecular complexity index is 533. The summed E-state index contributed by atoms with van der Waals surface area (Å²) in [6.07, 6.45) is -1.34. The highest BCUT2D eigenvalue weighted by molar-refractivity contribution is 5.75. The molecule has 1 aromatic carbocycles. The van der Waals surface area contributed by atoms with Gasteiger partial charge in [0.25, 0.3) is 5.91 Å². The van der Waals surface area contributed by atoms with E-state index < -0.39 is 17.6 Å². The number of unbranched alkanes of at least 4 members (excludes halogenated alkanes) is 3. The number of benzene rings is 1. The van der Waals surface area contributed by atoms with Crippen molar-refractivity contribution in [3.8, 4) is 5.75 Å². The van der Waals surface area contributed by atoms with Gasteiger partial charge in [-0.15, -0.1) is 0 Å². The van der Waals surface area contributed by atoms with Crippen LogP contribution >= 0.6 is 0 Å². The molecule has 3 N–H and O–H groups in total. The second kappa shape index (κ2) is 9.76. The van der Waals surface area contributed by atoms with Gasteiger partial charge in [0.05, 0.1) is 5.56 Å². The summed E-state index contributed by atoms with van der Waals surface area (Å²) in [7, 11) is 0. The normalized spacial score (nSPS) is 11.0. The maximum Gasteiger partial charge on any atom is 0.416 e. The van der Waals surface area contributed by atoms with Crippen LogP contribution in [0.3, 0.4) is 0 Å². The quantitative estimate of drug-likeness (QED) is 0.364. The predicted molar refractivity (Wildman–Crippen MR) is 77.8 cm³/mol. The fraction of sp³-hybridized carbons (Fsp3) is 0.467. The number of alkyl halides is 3. The summed E-state index contributed by atoms with van der Waals surface area (Å²) in [4.78, 5) is 27.2. The predicted octanol–water partition coefficient (Wildman–Crippen LogP) is 2.96. The fourth-order valence-electron chi connectivity index (χ4n) is 1.86. The van der Waals surface area contributed by atoms with Crippen molar-refractivity contribution in [1.29, 1.82) is 0 Å². The number of hydrogen-bond donors (Lipinski definition) is 3. The number of rotatable bonds is 9. The minimum Gasteiger partial charge on any atom is -0.380 e. The lowest BCUT2D eigenvalue weighted by Gasteiger charge is -2.09. The number of amides is 2. The zero-order valence-electron chi connectivity index (χ0n) is 12.9. The Morgan fingerprint density at radius 2 is 1.50 bits per heavy atom. The van der Waals surface area contributed by atoms with Crippen LogP contribution in [0.15, 0.2) is 24.3 Å². The van der Waals surface area contributed by atoms with E-state index in [0.717, 1.165) is 37.1 Å². The van der Waals surface area contributed by atoms with Crippen molar-refractivity contribution in [2.75, 3.05) is 0 Å². The van der Waals surface area contributed by atoms with Gasteiger partial charge in [-0.3, -0.25) is 14.8 Å². The largest absolute Gasteiger partial charge is 0.416 e. The lowest BCUT2D eigenvalue weighted by atomic mass is 10.1. The first-order valence-corrected chi connectivity index (χ1v) is 7.39. The summed E-state index contributed by atoms with van der Waals surface area (Å²) < 4.78 is 37.1. The Morgan fingerprint density at radius 1 is 0.958 bits per heavy atom. The summed E-state index contributed by atoms with van der Waals surface area (Å²) in [5.74, 6) is -0.730. The second-order valence-electron chi connectivity index (χ2n) is 5.10. The van der Waals surface area contributed by atoms with Gasteiger partial charge in [-0.25, -0.2) is 5.48 Å². The number of carbonyl (C=O) groups excluding carboxylic acids is 2. The number of hydrogen-bond acceptors (Lipinski definition) is 4. The van der Waals surface area contributed by atoms with Gasteiger partial charge in [0.15, 0.2) is 5.75 Å². The molecule has 2 amide bonds. The molecule has 0 bridgehead atoms. The summed E-state index contributed by atoms with van der Waals surface area (Å²) in [5, 5.41) is 8.30. The van der Waals surface area contributed by atoms with Gasteiger partial charge in [-0.1, -0.05) is 12.8 Å². The van der Waals surface area contributed by atoms with E-state index in [1.165, 1.54) is 5.48 Å². The molecule has 134 valence electrons. The monoisotopic (exact) mass is 348 g/mol. The van der Waals surface area contributed by atoms with Crippen LogP contribution in [0.2, 0.25) is 0 Å². The molecule has 0 saturated heterocycles. The third kappa shape index (κ3) is 7.82. The molecule has 0 aliphatic carbocycles. The Hall–Kier alpha value is -2.29. The topological polar surface area (TPSA) is 87.7 Å². The first-order valence-electron chi connectivity index (χ1n) is 7.39. The average molecular weight is 348 g/mol. The van der Waals surface area contributed by atoms with Gasteiger partial charge >= 0.3 is 6.18 Å². The number of carbonyl (C=O) groups is 2. The van der Waals surface area contributed by atoms with Crippen LogP contribution in [0.25, 0.3) is 0 Å². The number of nitrogens with one attached hydrogen (secondary N) is 2. The van der Waals surface area contributed by atoms with Crippen LogP contribution in [0.4, 0.5) is 13.2 Å². The standard InChI is InChI=1S/C15H19F3N2O4/c16-15(17,18)11-7-9-12(10-8-11)24-20-14(22)6-4-2-1-3-5-13(21)19-23/h7-10,23H,1-6H2,(H,19,21)(H,20,22). The van der Waals surface area contributed by atoms with Crippen molar-refractivity contribution >= 4 is 11.8 Å². The third-order valence-electron chi connectivity index (χ3n) is 3.15. The highest BCUT2D eigenvalue weighted by Crippen LogP contribution is 2.30. The smallest absolute Gasteiger partial charge is 0.380 e. The molecule has 0 aliphatic rings. The van der Waals surface area contributed by atoms with E-state index in [1.807, 2.05) is 0 Å². The highest BCUT2D eigenvalue weighted by atomic mass is 19.4. The van der Waals surface area contributed by atoms with E-state index >= 15 is 0 Å². The van der Waals surface area contributed by atoms with Crippen LogP contribution in [-0.2, 0) is 15.8 Å². The van der Waals surface area contributed by atoms with Gasteiger partial charge in [0.1, 0.15) is 0 Å². The Labute approximate surface area is 136 Å². The van der Waals surface area contributed by atoms with Gasteiger partial charge in [0, 0.05) is 12.8 Å². The molecule has 0 radical (unpaired) electrons. The van der Waals surface area contributed by atoms with Gasteiger partial charge in [0.2, 0.25) is 5.91 Å². The lowest BCUT2D eigenvalue weighted by Crippen LogP contribution is -2.26. The molecule has 0 aliphatic heterocycles. The van der Waals surface area contributed by atoms with Crippen LogP contribution in [0.1, 0.15) is 44.1 Å². The maximum atomic E-state index is 12.4.